The highest BCUT2D eigenvalue weighted by Crippen LogP contribution is 2.33. The van der Waals surface area contributed by atoms with E-state index in [1.54, 1.807) is 13.2 Å². The van der Waals surface area contributed by atoms with Crippen LogP contribution < -0.4 is 0 Å². The van der Waals surface area contributed by atoms with Crippen molar-refractivity contribution >= 4 is 34.0 Å². The van der Waals surface area contributed by atoms with Crippen LogP contribution in [0.15, 0.2) is 45.2 Å². The van der Waals surface area contributed by atoms with Gasteiger partial charge in [-0.1, -0.05) is 19.3 Å². The fraction of sp³-hybridized carbons (Fsp3) is 0.357. The predicted molar refractivity (Wildman–Crippen MR) is 130 cm³/mol. The van der Waals surface area contributed by atoms with Gasteiger partial charge in [-0.25, -0.2) is 8.78 Å². The van der Waals surface area contributed by atoms with Gasteiger partial charge in [-0.15, -0.1) is 0 Å². The first-order valence-corrected chi connectivity index (χ1v) is 11.9. The van der Waals surface area contributed by atoms with Gasteiger partial charge in [-0.05, 0) is 49.2 Å². The molecule has 0 amide bonds. The van der Waals surface area contributed by atoms with Crippen molar-refractivity contribution in [3.05, 3.63) is 70.7 Å². The third-order valence-corrected chi connectivity index (χ3v) is 6.42. The molecule has 0 saturated heterocycles. The van der Waals surface area contributed by atoms with Gasteiger partial charge in [0.15, 0.2) is 17.8 Å². The molecule has 1 saturated carbocycles. The summed E-state index contributed by atoms with van der Waals surface area (Å²) in [5.74, 6) is -0.0876. The second-order valence-corrected chi connectivity index (χ2v) is 8.82. The molecule has 0 N–H and O–H groups in total. The summed E-state index contributed by atoms with van der Waals surface area (Å²) in [7, 11) is 3.07. The first-order valence-electron chi connectivity index (χ1n) is 11.9. The topological polar surface area (TPSA) is 78.9 Å². The number of ketones is 1. The Bertz CT molecular complexity index is 1360. The molecule has 0 bridgehead atoms. The van der Waals surface area contributed by atoms with Crippen molar-refractivity contribution < 1.29 is 36.7 Å². The number of carbonyl (C=O) groups is 2. The molecule has 0 aliphatic heterocycles. The highest BCUT2D eigenvalue weighted by molar-refractivity contribution is 6.01. The molecular weight excluding hydrogens is 470 g/mol. The molecule has 190 valence electrons. The Morgan fingerprint density at radius 2 is 1.44 bits per heavy atom. The summed E-state index contributed by atoms with van der Waals surface area (Å²) in [6.07, 6.45) is 5.80. The number of methoxy groups -OCH3 is 2. The van der Waals surface area contributed by atoms with Crippen LogP contribution in [0, 0.1) is 17.6 Å². The maximum absolute atomic E-state index is 13.5. The molecule has 0 atom stereocenters. The molecule has 2 aromatic carbocycles. The van der Waals surface area contributed by atoms with Gasteiger partial charge in [0.05, 0.1) is 13.2 Å². The summed E-state index contributed by atoms with van der Waals surface area (Å²) in [6.45, 7) is 0.481. The Morgan fingerprint density at radius 3 is 2.03 bits per heavy atom. The zero-order chi connectivity index (χ0) is 25.7. The third kappa shape index (κ3) is 5.39. The van der Waals surface area contributed by atoms with Crippen LogP contribution in [0.2, 0.25) is 0 Å². The smallest absolute Gasteiger partial charge is 0.201 e. The number of carbonyl (C=O) groups excluding carboxylic acids is 2. The van der Waals surface area contributed by atoms with Crippen molar-refractivity contribution in [2.75, 3.05) is 14.2 Å². The van der Waals surface area contributed by atoms with Crippen molar-refractivity contribution in [3.63, 3.8) is 0 Å². The Kier molecular flexibility index (Phi) is 8.28. The Labute approximate surface area is 207 Å². The number of hydrogen-bond acceptors (Lipinski definition) is 6. The number of hydrogen-bond donors (Lipinski definition) is 0. The maximum atomic E-state index is 13.5. The van der Waals surface area contributed by atoms with Crippen LogP contribution in [0.4, 0.5) is 8.78 Å². The zero-order valence-corrected chi connectivity index (χ0v) is 20.3. The van der Waals surface area contributed by atoms with Crippen LogP contribution in [0.3, 0.4) is 0 Å². The number of furan rings is 2. The van der Waals surface area contributed by atoms with E-state index in [9.17, 15) is 18.4 Å². The monoisotopic (exact) mass is 498 g/mol. The van der Waals surface area contributed by atoms with E-state index in [1.807, 2.05) is 0 Å². The maximum Gasteiger partial charge on any atom is 0.201 e. The van der Waals surface area contributed by atoms with E-state index in [2.05, 4.69) is 0 Å². The highest BCUT2D eigenvalue weighted by atomic mass is 19.1. The van der Waals surface area contributed by atoms with E-state index in [1.165, 1.54) is 43.9 Å². The SMILES string of the molecule is COCc1c(C(=O)C2CCCCC2)oc2ccc(F)cc12.COCc1c(C=O)oc2ccc(F)cc12. The summed E-state index contributed by atoms with van der Waals surface area (Å²) < 4.78 is 47.5. The minimum absolute atomic E-state index is 0.0276. The molecule has 0 unspecified atom stereocenters. The molecular formula is C28H28F2O6. The van der Waals surface area contributed by atoms with E-state index in [0.29, 0.717) is 45.1 Å². The fourth-order valence-electron chi connectivity index (χ4n) is 4.69. The lowest BCUT2D eigenvalue weighted by molar-refractivity contribution is 0.0856. The lowest BCUT2D eigenvalue weighted by atomic mass is 9.85. The standard InChI is InChI=1S/C17H19FO3.C11H9FO3/c1-20-10-14-13-9-12(18)7-8-15(13)21-17(14)16(19)11-5-3-2-4-6-11;1-14-6-9-8-4-7(12)2-3-10(8)15-11(9)5-13/h7-9,11H,2-6,10H2,1H3;2-5H,6H2,1H3. The summed E-state index contributed by atoms with van der Waals surface area (Å²) >= 11 is 0. The van der Waals surface area contributed by atoms with Gasteiger partial charge < -0.3 is 18.3 Å². The van der Waals surface area contributed by atoms with Gasteiger partial charge in [0, 0.05) is 42.0 Å². The molecule has 1 aliphatic rings. The van der Waals surface area contributed by atoms with Gasteiger partial charge in [-0.3, -0.25) is 9.59 Å². The predicted octanol–water partition coefficient (Wildman–Crippen LogP) is 7.01. The van der Waals surface area contributed by atoms with Crippen molar-refractivity contribution in [3.8, 4) is 0 Å². The number of fused-ring (bicyclic) bond motifs is 2. The van der Waals surface area contributed by atoms with Crippen LogP contribution >= 0.6 is 0 Å². The average molecular weight is 499 g/mol. The Hall–Kier alpha value is -3.36. The third-order valence-electron chi connectivity index (χ3n) is 6.42. The number of ether oxygens (including phenoxy) is 2. The lowest BCUT2D eigenvalue weighted by Gasteiger charge is -2.19. The first kappa shape index (κ1) is 25.7. The van der Waals surface area contributed by atoms with Crippen LogP contribution in [0.25, 0.3) is 21.9 Å². The van der Waals surface area contributed by atoms with Crippen molar-refractivity contribution in [1.82, 2.24) is 0 Å². The van der Waals surface area contributed by atoms with Crippen molar-refractivity contribution in [1.29, 1.82) is 0 Å². The summed E-state index contributed by atoms with van der Waals surface area (Å²) in [5.41, 5.74) is 2.29. The number of rotatable bonds is 7. The second kappa shape index (κ2) is 11.6. The molecule has 36 heavy (non-hydrogen) atoms. The van der Waals surface area contributed by atoms with E-state index in [4.69, 9.17) is 18.3 Å². The van der Waals surface area contributed by atoms with Gasteiger partial charge in [-0.2, -0.15) is 0 Å². The zero-order valence-electron chi connectivity index (χ0n) is 20.3. The quantitative estimate of drug-likeness (QED) is 0.201. The van der Waals surface area contributed by atoms with Crippen molar-refractivity contribution in [2.45, 2.75) is 45.3 Å². The number of benzene rings is 2. The van der Waals surface area contributed by atoms with Crippen LogP contribution in [-0.2, 0) is 22.7 Å². The summed E-state index contributed by atoms with van der Waals surface area (Å²) in [4.78, 5) is 23.4. The van der Waals surface area contributed by atoms with Gasteiger partial charge in [0.1, 0.15) is 22.8 Å². The molecule has 0 radical (unpaired) electrons. The average Bonchev–Trinajstić information content (AvgIpc) is 3.42. The lowest BCUT2D eigenvalue weighted by Crippen LogP contribution is -2.18. The Morgan fingerprint density at radius 1 is 0.889 bits per heavy atom. The number of aldehydes is 1. The van der Waals surface area contributed by atoms with Crippen LogP contribution in [0.5, 0.6) is 0 Å². The fourth-order valence-corrected chi connectivity index (χ4v) is 4.69. The Balaban J connectivity index is 0.000000179. The molecule has 0 spiro atoms. The molecule has 2 heterocycles. The van der Waals surface area contributed by atoms with Crippen LogP contribution in [0.1, 0.15) is 64.3 Å². The minimum Gasteiger partial charge on any atom is -0.453 e. The molecule has 8 heteroatoms. The molecule has 4 aromatic rings. The highest BCUT2D eigenvalue weighted by Gasteiger charge is 2.28. The van der Waals surface area contributed by atoms with E-state index in [0.717, 1.165) is 25.7 Å². The van der Waals surface area contributed by atoms with E-state index in [-0.39, 0.29) is 42.3 Å². The van der Waals surface area contributed by atoms with E-state index < -0.39 is 0 Å². The van der Waals surface area contributed by atoms with Crippen molar-refractivity contribution in [2.24, 2.45) is 5.92 Å². The summed E-state index contributed by atoms with van der Waals surface area (Å²) in [5, 5.41) is 1.22. The number of halogens is 2. The van der Waals surface area contributed by atoms with Gasteiger partial charge in [0.25, 0.3) is 0 Å². The van der Waals surface area contributed by atoms with E-state index >= 15 is 0 Å². The largest absolute Gasteiger partial charge is 0.453 e. The molecule has 1 aliphatic carbocycles. The molecule has 2 aromatic heterocycles. The second-order valence-electron chi connectivity index (χ2n) is 8.82. The normalized spacial score (nSPS) is 14.1. The molecule has 6 nitrogen and oxygen atoms in total. The minimum atomic E-state index is -0.363. The first-order chi connectivity index (χ1) is 17.5. The number of Topliss-reactive ketones (excluding diaryl/α,β-unsaturated/α-hetero) is 1. The molecule has 1 fully saturated rings. The van der Waals surface area contributed by atoms with Gasteiger partial charge >= 0.3 is 0 Å². The molecule has 5 rings (SSSR count). The summed E-state index contributed by atoms with van der Waals surface area (Å²) in [6, 6.07) is 8.44. The van der Waals surface area contributed by atoms with Crippen LogP contribution in [-0.4, -0.2) is 26.3 Å². The van der Waals surface area contributed by atoms with Gasteiger partial charge in [0.2, 0.25) is 5.78 Å².